The number of carboxylic acid groups (broad SMARTS) is 1. The summed E-state index contributed by atoms with van der Waals surface area (Å²) >= 11 is 5.78. The molecule has 1 aliphatic rings. The van der Waals surface area contributed by atoms with Gasteiger partial charge < -0.3 is 10.2 Å². The first kappa shape index (κ1) is 16.2. The molecule has 116 valence electrons. The molecule has 0 aliphatic heterocycles. The number of sulfonamides is 1. The van der Waals surface area contributed by atoms with Crippen molar-refractivity contribution in [2.45, 2.75) is 42.7 Å². The van der Waals surface area contributed by atoms with Crippen LogP contribution in [0.3, 0.4) is 0 Å². The second-order valence-electron chi connectivity index (χ2n) is 5.03. The Labute approximate surface area is 127 Å². The fourth-order valence-electron chi connectivity index (χ4n) is 2.35. The van der Waals surface area contributed by atoms with E-state index in [2.05, 4.69) is 4.72 Å². The van der Waals surface area contributed by atoms with E-state index in [0.29, 0.717) is 12.8 Å². The molecule has 1 aliphatic carbocycles. The van der Waals surface area contributed by atoms with E-state index < -0.39 is 28.1 Å². The van der Waals surface area contributed by atoms with Gasteiger partial charge in [-0.05, 0) is 31.0 Å². The van der Waals surface area contributed by atoms with Gasteiger partial charge in [0.05, 0.1) is 21.6 Å². The van der Waals surface area contributed by atoms with Gasteiger partial charge in [0.25, 0.3) is 0 Å². The van der Waals surface area contributed by atoms with Crippen molar-refractivity contribution in [3.05, 3.63) is 28.8 Å². The summed E-state index contributed by atoms with van der Waals surface area (Å²) in [4.78, 5) is 10.7. The van der Waals surface area contributed by atoms with E-state index in [4.69, 9.17) is 16.7 Å². The van der Waals surface area contributed by atoms with Crippen LogP contribution in [0.15, 0.2) is 23.1 Å². The van der Waals surface area contributed by atoms with Gasteiger partial charge in [0, 0.05) is 6.04 Å². The number of hydrogen-bond acceptors (Lipinski definition) is 4. The zero-order chi connectivity index (χ0) is 15.6. The number of rotatable bonds is 4. The first-order valence-corrected chi connectivity index (χ1v) is 8.40. The highest BCUT2D eigenvalue weighted by Crippen LogP contribution is 2.23. The van der Waals surface area contributed by atoms with Crippen molar-refractivity contribution in [3.8, 4) is 0 Å². The average Bonchev–Trinajstić information content (AvgIpc) is 2.40. The van der Waals surface area contributed by atoms with E-state index in [1.165, 1.54) is 6.07 Å². The van der Waals surface area contributed by atoms with E-state index in [0.717, 1.165) is 25.0 Å². The zero-order valence-corrected chi connectivity index (χ0v) is 12.7. The number of nitrogens with one attached hydrogen (secondary N) is 1. The number of aromatic carboxylic acids is 1. The largest absolute Gasteiger partial charge is 0.478 e. The van der Waals surface area contributed by atoms with Gasteiger partial charge >= 0.3 is 5.97 Å². The fraction of sp³-hybridized carbons (Fsp3) is 0.462. The maximum absolute atomic E-state index is 12.3. The summed E-state index contributed by atoms with van der Waals surface area (Å²) in [6, 6.07) is 2.91. The van der Waals surface area contributed by atoms with Crippen LogP contribution in [-0.4, -0.2) is 36.7 Å². The van der Waals surface area contributed by atoms with E-state index in [1.807, 2.05) is 0 Å². The fourth-order valence-corrected chi connectivity index (χ4v) is 4.01. The Morgan fingerprint density at radius 2 is 1.95 bits per heavy atom. The Bertz CT molecular complexity index is 646. The second-order valence-corrected chi connectivity index (χ2v) is 7.15. The molecule has 2 rings (SSSR count). The number of hydrogen-bond donors (Lipinski definition) is 3. The summed E-state index contributed by atoms with van der Waals surface area (Å²) < 4.78 is 27.0. The molecule has 0 aromatic heterocycles. The van der Waals surface area contributed by atoms with Gasteiger partial charge in [0.1, 0.15) is 0 Å². The predicted octanol–water partition coefficient (Wildman–Crippen LogP) is 1.62. The van der Waals surface area contributed by atoms with Crippen LogP contribution in [0.5, 0.6) is 0 Å². The van der Waals surface area contributed by atoms with Gasteiger partial charge in [-0.15, -0.1) is 0 Å². The number of carbonyl (C=O) groups is 1. The average molecular weight is 334 g/mol. The monoisotopic (exact) mass is 333 g/mol. The van der Waals surface area contributed by atoms with E-state index in [9.17, 15) is 18.3 Å². The molecule has 0 unspecified atom stereocenters. The van der Waals surface area contributed by atoms with Gasteiger partial charge in [0.15, 0.2) is 0 Å². The molecule has 2 atom stereocenters. The van der Waals surface area contributed by atoms with Gasteiger partial charge in [-0.1, -0.05) is 24.4 Å². The van der Waals surface area contributed by atoms with Crippen LogP contribution in [0.4, 0.5) is 0 Å². The number of aliphatic hydroxyl groups excluding tert-OH is 1. The van der Waals surface area contributed by atoms with Crippen molar-refractivity contribution in [2.75, 3.05) is 0 Å². The van der Waals surface area contributed by atoms with Crippen molar-refractivity contribution in [1.82, 2.24) is 4.72 Å². The molecular weight excluding hydrogens is 318 g/mol. The summed E-state index contributed by atoms with van der Waals surface area (Å²) in [6.07, 6.45) is 2.15. The molecule has 1 saturated carbocycles. The molecule has 0 saturated heterocycles. The first-order valence-electron chi connectivity index (χ1n) is 6.54. The molecule has 0 bridgehead atoms. The van der Waals surface area contributed by atoms with Gasteiger partial charge in [0.2, 0.25) is 10.0 Å². The highest BCUT2D eigenvalue weighted by atomic mass is 35.5. The normalized spacial score (nSPS) is 23.0. The van der Waals surface area contributed by atoms with Crippen molar-refractivity contribution in [2.24, 2.45) is 0 Å². The van der Waals surface area contributed by atoms with Crippen LogP contribution < -0.4 is 4.72 Å². The molecule has 0 spiro atoms. The number of halogens is 1. The molecule has 1 fully saturated rings. The molecule has 0 radical (unpaired) electrons. The lowest BCUT2D eigenvalue weighted by Crippen LogP contribution is -2.44. The van der Waals surface area contributed by atoms with Crippen LogP contribution in [-0.2, 0) is 10.0 Å². The Hall–Kier alpha value is -1.15. The number of carboxylic acids is 1. The quantitative estimate of drug-likeness (QED) is 0.776. The lowest BCUT2D eigenvalue weighted by Gasteiger charge is -2.28. The van der Waals surface area contributed by atoms with E-state index in [1.54, 1.807) is 0 Å². The van der Waals surface area contributed by atoms with E-state index >= 15 is 0 Å². The van der Waals surface area contributed by atoms with Crippen molar-refractivity contribution in [3.63, 3.8) is 0 Å². The molecule has 1 aromatic rings. The molecule has 8 heteroatoms. The maximum atomic E-state index is 12.3. The van der Waals surface area contributed by atoms with Crippen molar-refractivity contribution in [1.29, 1.82) is 0 Å². The molecule has 21 heavy (non-hydrogen) atoms. The lowest BCUT2D eigenvalue weighted by atomic mass is 9.93. The summed E-state index contributed by atoms with van der Waals surface area (Å²) in [6.45, 7) is 0. The number of aliphatic hydroxyl groups is 1. The van der Waals surface area contributed by atoms with Gasteiger partial charge in [-0.25, -0.2) is 17.9 Å². The minimum atomic E-state index is -3.85. The molecule has 1 aromatic carbocycles. The highest BCUT2D eigenvalue weighted by molar-refractivity contribution is 7.89. The third kappa shape index (κ3) is 3.74. The maximum Gasteiger partial charge on any atom is 0.337 e. The summed E-state index contributed by atoms with van der Waals surface area (Å²) in [5.41, 5.74) is -0.159. The minimum absolute atomic E-state index is 0.115. The smallest absolute Gasteiger partial charge is 0.337 e. The zero-order valence-electron chi connectivity index (χ0n) is 11.1. The standard InChI is InChI=1S/C13H16ClNO5S/c14-10-7-8(5-6-9(10)13(17)18)21(19,20)15-11-3-1-2-4-12(11)16/h5-7,11-12,15-16H,1-4H2,(H,17,18)/t11-,12-/m1/s1. The SMILES string of the molecule is O=C(O)c1ccc(S(=O)(=O)N[C@@H]2CCCC[C@H]2O)cc1Cl. The Balaban J connectivity index is 2.23. The Morgan fingerprint density at radius 3 is 2.52 bits per heavy atom. The molecule has 6 nitrogen and oxygen atoms in total. The molecule has 0 amide bonds. The minimum Gasteiger partial charge on any atom is -0.478 e. The predicted molar refractivity (Wildman–Crippen MR) is 77.0 cm³/mol. The summed E-state index contributed by atoms with van der Waals surface area (Å²) in [7, 11) is -3.85. The lowest BCUT2D eigenvalue weighted by molar-refractivity contribution is 0.0697. The van der Waals surface area contributed by atoms with E-state index in [-0.39, 0.29) is 15.5 Å². The van der Waals surface area contributed by atoms with Crippen LogP contribution in [0.25, 0.3) is 0 Å². The van der Waals surface area contributed by atoms with Crippen molar-refractivity contribution < 1.29 is 23.4 Å². The highest BCUT2D eigenvalue weighted by Gasteiger charge is 2.28. The van der Waals surface area contributed by atoms with Crippen LogP contribution in [0.2, 0.25) is 5.02 Å². The van der Waals surface area contributed by atoms with Crippen LogP contribution >= 0.6 is 11.6 Å². The topological polar surface area (TPSA) is 104 Å². The third-order valence-electron chi connectivity index (χ3n) is 3.52. The Morgan fingerprint density at radius 1 is 1.29 bits per heavy atom. The van der Waals surface area contributed by atoms with Crippen LogP contribution in [0.1, 0.15) is 36.0 Å². The molecular formula is C13H16ClNO5S. The summed E-state index contributed by atoms with van der Waals surface area (Å²) in [5, 5.41) is 18.5. The molecule has 3 N–H and O–H groups in total. The van der Waals surface area contributed by atoms with Gasteiger partial charge in [-0.2, -0.15) is 0 Å². The number of benzene rings is 1. The summed E-state index contributed by atoms with van der Waals surface area (Å²) in [5.74, 6) is -1.22. The van der Waals surface area contributed by atoms with Gasteiger partial charge in [-0.3, -0.25) is 0 Å². The van der Waals surface area contributed by atoms with Crippen molar-refractivity contribution >= 4 is 27.6 Å². The Kier molecular flexibility index (Phi) is 4.88. The second kappa shape index (κ2) is 6.31. The van der Waals surface area contributed by atoms with Crippen LogP contribution in [0, 0.1) is 0 Å². The first-order chi connectivity index (χ1) is 9.81. The molecule has 0 heterocycles. The third-order valence-corrected chi connectivity index (χ3v) is 5.32.